The Morgan fingerprint density at radius 3 is 2.83 bits per heavy atom. The quantitative estimate of drug-likeness (QED) is 0.640. The Labute approximate surface area is 145 Å². The summed E-state index contributed by atoms with van der Waals surface area (Å²) < 4.78 is 0. The van der Waals surface area contributed by atoms with Crippen molar-refractivity contribution in [2.45, 2.75) is 25.4 Å². The topological polar surface area (TPSA) is 39.3 Å². The highest BCUT2D eigenvalue weighted by molar-refractivity contribution is 7.80. The second-order valence-electron chi connectivity index (χ2n) is 6.71. The van der Waals surface area contributed by atoms with Crippen molar-refractivity contribution < 1.29 is 4.79 Å². The van der Waals surface area contributed by atoms with E-state index in [1.165, 1.54) is 27.4 Å². The average molecular weight is 335 g/mol. The monoisotopic (exact) mass is 335 g/mol. The molecule has 3 heterocycles. The fourth-order valence-corrected chi connectivity index (χ4v) is 4.70. The van der Waals surface area contributed by atoms with E-state index >= 15 is 0 Å². The van der Waals surface area contributed by atoms with Gasteiger partial charge in [-0.3, -0.25) is 9.69 Å². The van der Waals surface area contributed by atoms with Gasteiger partial charge in [0, 0.05) is 30.1 Å². The molecule has 0 aliphatic carbocycles. The molecule has 1 unspecified atom stereocenters. The van der Waals surface area contributed by atoms with Gasteiger partial charge in [-0.15, -0.1) is 0 Å². The molecule has 1 amide bonds. The largest absolute Gasteiger partial charge is 0.356 e. The summed E-state index contributed by atoms with van der Waals surface area (Å²) in [6, 6.07) is 12.6. The number of amides is 1. The summed E-state index contributed by atoms with van der Waals surface area (Å²) in [7, 11) is 1.78. The molecule has 1 fully saturated rings. The number of hydrogen-bond acceptors (Lipinski definition) is 2. The minimum absolute atomic E-state index is 0.0753. The normalized spacial score (nSPS) is 23.2. The Morgan fingerprint density at radius 2 is 2.00 bits per heavy atom. The predicted octanol–water partition coefficient (Wildman–Crippen LogP) is 3.37. The van der Waals surface area contributed by atoms with Crippen molar-refractivity contribution in [3.8, 4) is 0 Å². The van der Waals surface area contributed by atoms with Gasteiger partial charge < -0.3 is 9.88 Å². The summed E-state index contributed by atoms with van der Waals surface area (Å²) in [4.78, 5) is 19.9. The predicted molar refractivity (Wildman–Crippen MR) is 98.9 cm³/mol. The van der Waals surface area contributed by atoms with Crippen molar-refractivity contribution in [2.75, 3.05) is 7.05 Å². The molecule has 120 valence electrons. The zero-order valence-electron chi connectivity index (χ0n) is 13.5. The van der Waals surface area contributed by atoms with Gasteiger partial charge in [-0.2, -0.15) is 0 Å². The first kappa shape index (κ1) is 14.0. The Hall–Kier alpha value is -2.40. The maximum Gasteiger partial charge on any atom is 0.251 e. The molecule has 3 aromatic rings. The number of hydrogen-bond donors (Lipinski definition) is 1. The molecule has 4 nitrogen and oxygen atoms in total. The summed E-state index contributed by atoms with van der Waals surface area (Å²) in [5, 5.41) is 4.36. The lowest BCUT2D eigenvalue weighted by molar-refractivity contribution is -0.127. The van der Waals surface area contributed by atoms with Crippen LogP contribution in [0, 0.1) is 0 Å². The third-order valence-electron chi connectivity index (χ3n) is 5.52. The number of carbonyl (C=O) groups is 1. The van der Waals surface area contributed by atoms with E-state index in [1.807, 2.05) is 0 Å². The van der Waals surface area contributed by atoms with E-state index in [9.17, 15) is 4.79 Å². The molecular weight excluding hydrogens is 318 g/mol. The number of nitrogens with one attached hydrogen (secondary N) is 1. The molecule has 2 aliphatic heterocycles. The van der Waals surface area contributed by atoms with Crippen molar-refractivity contribution in [3.63, 3.8) is 0 Å². The maximum absolute atomic E-state index is 12.6. The van der Waals surface area contributed by atoms with Gasteiger partial charge in [0.15, 0.2) is 5.11 Å². The van der Waals surface area contributed by atoms with Gasteiger partial charge in [-0.25, -0.2) is 0 Å². The van der Waals surface area contributed by atoms with Crippen LogP contribution in [0.15, 0.2) is 36.4 Å². The number of benzene rings is 2. The van der Waals surface area contributed by atoms with Gasteiger partial charge in [-0.1, -0.05) is 30.3 Å². The number of nitrogens with zero attached hydrogens (tertiary/aromatic N) is 2. The first-order valence-electron chi connectivity index (χ1n) is 8.20. The van der Waals surface area contributed by atoms with Crippen molar-refractivity contribution in [2.24, 2.45) is 0 Å². The van der Waals surface area contributed by atoms with Crippen molar-refractivity contribution >= 4 is 44.9 Å². The number of carbonyl (C=O) groups excluding carboxylic acids is 1. The molecule has 5 rings (SSSR count). The third kappa shape index (κ3) is 1.58. The van der Waals surface area contributed by atoms with E-state index in [2.05, 4.69) is 53.2 Å². The van der Waals surface area contributed by atoms with E-state index in [-0.39, 0.29) is 18.0 Å². The second-order valence-corrected chi connectivity index (χ2v) is 7.07. The lowest BCUT2D eigenvalue weighted by Crippen LogP contribution is -2.42. The van der Waals surface area contributed by atoms with E-state index < -0.39 is 0 Å². The molecule has 0 radical (unpaired) electrons. The third-order valence-corrected chi connectivity index (χ3v) is 6.00. The Balaban J connectivity index is 1.80. The number of H-pyrrole nitrogens is 1. The average Bonchev–Trinajstić information content (AvgIpc) is 3.08. The van der Waals surface area contributed by atoms with Crippen LogP contribution in [0.2, 0.25) is 0 Å². The highest BCUT2D eigenvalue weighted by atomic mass is 32.1. The van der Waals surface area contributed by atoms with Crippen LogP contribution in [0.25, 0.3) is 21.7 Å². The molecule has 2 atom stereocenters. The summed E-state index contributed by atoms with van der Waals surface area (Å²) in [5.74, 6) is 0.104. The van der Waals surface area contributed by atoms with E-state index in [0.29, 0.717) is 11.5 Å². The van der Waals surface area contributed by atoms with Crippen molar-refractivity contribution in [3.05, 3.63) is 47.7 Å². The van der Waals surface area contributed by atoms with Crippen LogP contribution in [0.4, 0.5) is 0 Å². The second kappa shape index (κ2) is 4.57. The number of fused-ring (bicyclic) bond motifs is 6. The SMILES string of the molecule is C[C@H]1c2[nH]c3ccc4ccccc4c3c2CC2C(=O)N(C)C(=S)N21. The number of thiocarbonyl (C=S) groups is 1. The van der Waals surface area contributed by atoms with Crippen LogP contribution >= 0.6 is 12.2 Å². The zero-order chi connectivity index (χ0) is 16.6. The number of aromatic amines is 1. The first-order chi connectivity index (χ1) is 11.6. The molecule has 5 heteroatoms. The van der Waals surface area contributed by atoms with Crippen LogP contribution in [0.5, 0.6) is 0 Å². The number of likely N-dealkylation sites (N-methyl/N-ethyl adjacent to an activating group) is 1. The molecule has 1 aromatic heterocycles. The zero-order valence-corrected chi connectivity index (χ0v) is 14.4. The van der Waals surface area contributed by atoms with Crippen LogP contribution in [-0.2, 0) is 11.2 Å². The fourth-order valence-electron chi connectivity index (χ4n) is 4.32. The number of rotatable bonds is 0. The Bertz CT molecular complexity index is 1040. The van der Waals surface area contributed by atoms with Gasteiger partial charge in [-0.05, 0) is 41.5 Å². The minimum Gasteiger partial charge on any atom is -0.356 e. The van der Waals surface area contributed by atoms with E-state index in [0.717, 1.165) is 5.52 Å². The summed E-state index contributed by atoms with van der Waals surface area (Å²) in [6.07, 6.45) is 0.705. The van der Waals surface area contributed by atoms with Gasteiger partial charge >= 0.3 is 0 Å². The molecule has 1 saturated heterocycles. The molecule has 0 saturated carbocycles. The van der Waals surface area contributed by atoms with Crippen LogP contribution in [0.1, 0.15) is 24.2 Å². The molecule has 24 heavy (non-hydrogen) atoms. The summed E-state index contributed by atoms with van der Waals surface area (Å²) in [6.45, 7) is 2.13. The molecular formula is C19H17N3OS. The molecule has 1 N–H and O–H groups in total. The van der Waals surface area contributed by atoms with E-state index in [4.69, 9.17) is 12.2 Å². The van der Waals surface area contributed by atoms with Crippen molar-refractivity contribution in [1.29, 1.82) is 0 Å². The molecule has 0 bridgehead atoms. The lowest BCUT2D eigenvalue weighted by Gasteiger charge is -2.34. The van der Waals surface area contributed by atoms with Crippen LogP contribution in [0.3, 0.4) is 0 Å². The standard InChI is InChI=1S/C19H17N3OS/c1-10-17-13(9-15-18(23)21(2)19(24)22(10)15)16-12-6-4-3-5-11(12)7-8-14(16)20-17/h3-8,10,15,20H,9H2,1-2H3/t10-,15?/m0/s1. The summed E-state index contributed by atoms with van der Waals surface area (Å²) in [5.41, 5.74) is 3.59. The summed E-state index contributed by atoms with van der Waals surface area (Å²) >= 11 is 5.50. The Morgan fingerprint density at radius 1 is 1.21 bits per heavy atom. The van der Waals surface area contributed by atoms with E-state index in [1.54, 1.807) is 11.9 Å². The molecule has 2 aromatic carbocycles. The van der Waals surface area contributed by atoms with Crippen molar-refractivity contribution in [1.82, 2.24) is 14.8 Å². The van der Waals surface area contributed by atoms with Gasteiger partial charge in [0.2, 0.25) is 0 Å². The van der Waals surface area contributed by atoms with Gasteiger partial charge in [0.25, 0.3) is 5.91 Å². The molecule has 0 spiro atoms. The molecule has 2 aliphatic rings. The van der Waals surface area contributed by atoms with Crippen LogP contribution < -0.4 is 0 Å². The van der Waals surface area contributed by atoms with Gasteiger partial charge in [0.05, 0.1) is 6.04 Å². The van der Waals surface area contributed by atoms with Gasteiger partial charge in [0.1, 0.15) is 6.04 Å². The first-order valence-corrected chi connectivity index (χ1v) is 8.61. The Kier molecular flexibility index (Phi) is 2.66. The van der Waals surface area contributed by atoms with Crippen LogP contribution in [-0.4, -0.2) is 38.9 Å². The highest BCUT2D eigenvalue weighted by Crippen LogP contribution is 2.42. The minimum atomic E-state index is -0.178. The fraction of sp³-hybridized carbons (Fsp3) is 0.263. The smallest absolute Gasteiger partial charge is 0.251 e. The lowest BCUT2D eigenvalue weighted by atomic mass is 9.91. The maximum atomic E-state index is 12.6. The highest BCUT2D eigenvalue weighted by Gasteiger charge is 2.47. The number of aromatic nitrogens is 1.